The van der Waals surface area contributed by atoms with Crippen molar-refractivity contribution in [2.45, 2.75) is 296 Å². The molecule has 3 unspecified atom stereocenters. The molecule has 1 amide bonds. The predicted octanol–water partition coefficient (Wildman–Crippen LogP) is 20.2. The van der Waals surface area contributed by atoms with Crippen LogP contribution in [-0.2, 0) is 27.9 Å². The van der Waals surface area contributed by atoms with Gasteiger partial charge in [-0.25, -0.2) is 4.57 Å². The SMILES string of the molecule is CC/C=C\C/C=C\C/C=C\C/C=C\C/C=C\C/C=C\CCCCCCC(=O)OC(/C=C/CCCCCCCCCCCC)C(COP(=O)(O)OCC[N+](C)(C)C)NC(=O)CCCCCCCCCCCCCCCCCCC. The quantitative estimate of drug-likeness (QED) is 0.0205. The molecule has 0 aliphatic carbocycles. The summed E-state index contributed by atoms with van der Waals surface area (Å²) < 4.78 is 30.7. The van der Waals surface area contributed by atoms with E-state index in [0.717, 1.165) is 103 Å². The number of unbranched alkanes of at least 4 members (excludes halogenated alkanes) is 30. The molecule has 0 spiro atoms. The fourth-order valence-corrected chi connectivity index (χ4v) is 9.86. The summed E-state index contributed by atoms with van der Waals surface area (Å²) >= 11 is 0. The van der Waals surface area contributed by atoms with Gasteiger partial charge in [0.2, 0.25) is 5.91 Å². The van der Waals surface area contributed by atoms with E-state index in [2.05, 4.69) is 99.0 Å². The highest BCUT2D eigenvalue weighted by molar-refractivity contribution is 7.47. The number of phosphoric acid groups is 1. The highest BCUT2D eigenvalue weighted by Gasteiger charge is 2.30. The topological polar surface area (TPSA) is 111 Å². The third-order valence-corrected chi connectivity index (χ3v) is 15.1. The first-order valence-corrected chi connectivity index (χ1v) is 33.9. The normalized spacial score (nSPS) is 14.2. The Morgan fingerprint density at radius 1 is 0.462 bits per heavy atom. The monoisotopic (exact) mass is 1110 g/mol. The Kier molecular flexibility index (Phi) is 55.4. The smallest absolute Gasteiger partial charge is 0.456 e. The second kappa shape index (κ2) is 57.4. The predicted molar refractivity (Wildman–Crippen MR) is 337 cm³/mol. The van der Waals surface area contributed by atoms with Gasteiger partial charge in [0.25, 0.3) is 0 Å². The fraction of sp³-hybridized carbons (Fsp3) is 0.765. The van der Waals surface area contributed by atoms with Crippen LogP contribution in [0.2, 0.25) is 0 Å². The van der Waals surface area contributed by atoms with Crippen LogP contribution in [-0.4, -0.2) is 74.3 Å². The number of carbonyl (C=O) groups excluding carboxylic acids is 2. The molecule has 0 bridgehead atoms. The molecule has 0 saturated carbocycles. The van der Waals surface area contributed by atoms with E-state index in [1.165, 1.54) is 141 Å². The second-order valence-corrected chi connectivity index (χ2v) is 24.4. The van der Waals surface area contributed by atoms with Crippen LogP contribution in [0.5, 0.6) is 0 Å². The van der Waals surface area contributed by atoms with Crippen molar-refractivity contribution < 1.29 is 37.3 Å². The number of rotatable bonds is 58. The van der Waals surface area contributed by atoms with E-state index >= 15 is 0 Å². The van der Waals surface area contributed by atoms with Gasteiger partial charge in [0.05, 0.1) is 33.8 Å². The highest BCUT2D eigenvalue weighted by Crippen LogP contribution is 2.43. The second-order valence-electron chi connectivity index (χ2n) is 22.9. The number of likely N-dealkylation sites (N-methyl/N-ethyl adjacent to an activating group) is 1. The van der Waals surface area contributed by atoms with Gasteiger partial charge < -0.3 is 19.4 Å². The van der Waals surface area contributed by atoms with Gasteiger partial charge in [-0.3, -0.25) is 18.6 Å². The Balaban J connectivity index is 5.25. The molecule has 452 valence electrons. The Labute approximate surface area is 482 Å². The highest BCUT2D eigenvalue weighted by atomic mass is 31.2. The van der Waals surface area contributed by atoms with Crippen molar-refractivity contribution in [3.63, 3.8) is 0 Å². The maximum absolute atomic E-state index is 13.6. The molecule has 0 aliphatic heterocycles. The number of hydrogen-bond acceptors (Lipinski definition) is 6. The number of quaternary nitrogens is 1. The molecule has 0 heterocycles. The molecule has 2 N–H and O–H groups in total. The summed E-state index contributed by atoms with van der Waals surface area (Å²) in [6, 6.07) is -0.861. The molecule has 10 heteroatoms. The Hall–Kier alpha value is -2.81. The van der Waals surface area contributed by atoms with Crippen LogP contribution < -0.4 is 5.32 Å². The first-order chi connectivity index (χ1) is 37.9. The van der Waals surface area contributed by atoms with Crippen molar-refractivity contribution in [1.82, 2.24) is 5.32 Å². The zero-order valence-corrected chi connectivity index (χ0v) is 52.5. The van der Waals surface area contributed by atoms with E-state index in [1.54, 1.807) is 0 Å². The van der Waals surface area contributed by atoms with Gasteiger partial charge in [-0.2, -0.15) is 0 Å². The average Bonchev–Trinajstić information content (AvgIpc) is 3.40. The molecule has 0 aromatic carbocycles. The van der Waals surface area contributed by atoms with Crippen LogP contribution in [0.15, 0.2) is 85.1 Å². The minimum absolute atomic E-state index is 0.0339. The molecule has 0 radical (unpaired) electrons. The van der Waals surface area contributed by atoms with Crippen LogP contribution in [0.3, 0.4) is 0 Å². The Bertz CT molecular complexity index is 1610. The number of amides is 1. The summed E-state index contributed by atoms with van der Waals surface area (Å²) in [7, 11) is 1.48. The first kappa shape index (κ1) is 75.2. The lowest BCUT2D eigenvalue weighted by Crippen LogP contribution is -2.47. The zero-order chi connectivity index (χ0) is 57.2. The van der Waals surface area contributed by atoms with Crippen molar-refractivity contribution in [3.05, 3.63) is 85.1 Å². The van der Waals surface area contributed by atoms with E-state index < -0.39 is 20.0 Å². The van der Waals surface area contributed by atoms with Crippen LogP contribution in [0.25, 0.3) is 0 Å². The van der Waals surface area contributed by atoms with E-state index in [4.69, 9.17) is 13.8 Å². The molecule has 78 heavy (non-hydrogen) atoms. The first-order valence-electron chi connectivity index (χ1n) is 32.4. The number of nitrogens with zero attached hydrogens (tertiary/aromatic N) is 1. The minimum atomic E-state index is -4.46. The molecule has 0 fully saturated rings. The van der Waals surface area contributed by atoms with E-state index in [0.29, 0.717) is 23.9 Å². The summed E-state index contributed by atoms with van der Waals surface area (Å²) in [5, 5.41) is 3.06. The fourth-order valence-electron chi connectivity index (χ4n) is 9.12. The number of allylic oxidation sites excluding steroid dienone is 13. The number of nitrogens with one attached hydrogen (secondary N) is 1. The van der Waals surface area contributed by atoms with Crippen molar-refractivity contribution >= 4 is 19.7 Å². The number of ether oxygens (including phenoxy) is 1. The molecule has 3 atom stereocenters. The number of hydrogen-bond donors (Lipinski definition) is 2. The molecule has 0 aromatic rings. The van der Waals surface area contributed by atoms with E-state index in [9.17, 15) is 19.0 Å². The van der Waals surface area contributed by atoms with Gasteiger partial charge in [-0.15, -0.1) is 0 Å². The van der Waals surface area contributed by atoms with E-state index in [1.807, 2.05) is 33.3 Å². The zero-order valence-electron chi connectivity index (χ0n) is 51.6. The molecule has 0 saturated heterocycles. The number of esters is 1. The molecule has 0 aromatic heterocycles. The van der Waals surface area contributed by atoms with Crippen molar-refractivity contribution in [2.75, 3.05) is 40.9 Å². The van der Waals surface area contributed by atoms with Gasteiger partial charge in [0.1, 0.15) is 19.3 Å². The molecular formula is C68H124N2O7P+. The van der Waals surface area contributed by atoms with Crippen LogP contribution in [0.4, 0.5) is 0 Å². The summed E-state index contributed by atoms with van der Waals surface area (Å²) in [5.74, 6) is -0.529. The van der Waals surface area contributed by atoms with Gasteiger partial charge in [-0.05, 0) is 83.1 Å². The van der Waals surface area contributed by atoms with Crippen molar-refractivity contribution in [3.8, 4) is 0 Å². The largest absolute Gasteiger partial charge is 0.472 e. The third-order valence-electron chi connectivity index (χ3n) is 14.1. The van der Waals surface area contributed by atoms with Crippen molar-refractivity contribution in [2.24, 2.45) is 0 Å². The number of carbonyl (C=O) groups is 2. The standard InChI is InChI=1S/C68H123N2O7P/c1-7-10-13-16-19-22-25-28-30-32-33-34-35-36-37-39-41-43-46-49-52-55-58-61-68(72)77-66(59-56-53-50-47-44-27-24-21-18-15-12-9-3)65(64-76-78(73,74)75-63-62-70(4,5)6)69-67(71)60-57-54-51-48-45-42-40-38-31-29-26-23-20-17-14-11-8-2/h10,13,19,22,28,30,33-34,36-37,41,43,56,59,65-66H,7-9,11-12,14-18,20-21,23-27,29,31-32,35,38-40,42,44-55,57-58,60-64H2,1-6H3,(H-,69,71,73,74)/p+1/b13-10-,22-19-,30-28-,34-33-,37-36-,43-41-,59-56+. The maximum Gasteiger partial charge on any atom is 0.472 e. The summed E-state index contributed by atoms with van der Waals surface area (Å²) in [6.45, 7) is 6.90. The lowest BCUT2D eigenvalue weighted by atomic mass is 10.0. The van der Waals surface area contributed by atoms with Crippen LogP contribution >= 0.6 is 7.82 Å². The third kappa shape index (κ3) is 57.9. The summed E-state index contributed by atoms with van der Waals surface area (Å²) in [5.41, 5.74) is 0. The van der Waals surface area contributed by atoms with Crippen molar-refractivity contribution in [1.29, 1.82) is 0 Å². The summed E-state index contributed by atoms with van der Waals surface area (Å²) in [6.07, 6.45) is 75.8. The summed E-state index contributed by atoms with van der Waals surface area (Å²) in [4.78, 5) is 37.8. The molecule has 0 aliphatic rings. The van der Waals surface area contributed by atoms with Crippen LogP contribution in [0.1, 0.15) is 284 Å². The van der Waals surface area contributed by atoms with E-state index in [-0.39, 0.29) is 31.5 Å². The lowest BCUT2D eigenvalue weighted by molar-refractivity contribution is -0.870. The number of phosphoric ester groups is 1. The lowest BCUT2D eigenvalue weighted by Gasteiger charge is -2.27. The average molecular weight is 1110 g/mol. The Morgan fingerprint density at radius 2 is 0.821 bits per heavy atom. The van der Waals surface area contributed by atoms with Gasteiger partial charge in [0, 0.05) is 12.8 Å². The molecule has 9 nitrogen and oxygen atoms in total. The Morgan fingerprint density at radius 3 is 1.23 bits per heavy atom. The molecular weight excluding hydrogens is 988 g/mol. The molecule has 0 rings (SSSR count). The van der Waals surface area contributed by atoms with Gasteiger partial charge in [0.15, 0.2) is 0 Å². The van der Waals surface area contributed by atoms with Gasteiger partial charge >= 0.3 is 13.8 Å². The van der Waals surface area contributed by atoms with Crippen LogP contribution in [0, 0.1) is 0 Å². The maximum atomic E-state index is 13.6. The van der Waals surface area contributed by atoms with Gasteiger partial charge in [-0.1, -0.05) is 273 Å². The minimum Gasteiger partial charge on any atom is -0.456 e.